The predicted octanol–water partition coefficient (Wildman–Crippen LogP) is 2.95. The molecule has 1 aliphatic carbocycles. The van der Waals surface area contributed by atoms with Gasteiger partial charge in [0.2, 0.25) is 0 Å². The van der Waals surface area contributed by atoms with Crippen LogP contribution in [0.5, 0.6) is 11.5 Å². The molecule has 1 saturated heterocycles. The van der Waals surface area contributed by atoms with Gasteiger partial charge in [0.25, 0.3) is 5.56 Å². The van der Waals surface area contributed by atoms with E-state index in [-0.39, 0.29) is 11.3 Å². The zero-order valence-corrected chi connectivity index (χ0v) is 18.3. The van der Waals surface area contributed by atoms with Crippen molar-refractivity contribution < 1.29 is 19.0 Å². The molecule has 7 nitrogen and oxygen atoms in total. The maximum Gasteiger partial charge on any atom is 0.262 e. The van der Waals surface area contributed by atoms with E-state index in [2.05, 4.69) is 4.90 Å². The van der Waals surface area contributed by atoms with E-state index in [1.165, 1.54) is 7.11 Å². The second-order valence-corrected chi connectivity index (χ2v) is 8.09. The number of aromatic nitrogens is 1. The van der Waals surface area contributed by atoms with Crippen molar-refractivity contribution in [2.24, 2.45) is 0 Å². The molecule has 2 aromatic carbocycles. The summed E-state index contributed by atoms with van der Waals surface area (Å²) < 4.78 is 18.2. The van der Waals surface area contributed by atoms with Crippen LogP contribution in [-0.4, -0.2) is 62.3 Å². The molecule has 1 aliphatic heterocycles. The van der Waals surface area contributed by atoms with Crippen molar-refractivity contribution >= 4 is 16.6 Å². The number of fused-ring (bicyclic) bond motifs is 5. The topological polar surface area (TPSA) is 70.0 Å². The minimum Gasteiger partial charge on any atom is -0.493 e. The maximum absolute atomic E-state index is 13.8. The summed E-state index contributed by atoms with van der Waals surface area (Å²) >= 11 is 0. The Kier molecular flexibility index (Phi) is 5.45. The van der Waals surface area contributed by atoms with Gasteiger partial charge in [-0.05, 0) is 18.6 Å². The third-order valence-electron chi connectivity index (χ3n) is 6.39. The third-order valence-corrected chi connectivity index (χ3v) is 6.39. The summed E-state index contributed by atoms with van der Waals surface area (Å²) in [6, 6.07) is 11.0. The average molecular weight is 434 g/mol. The van der Waals surface area contributed by atoms with Gasteiger partial charge in [0.05, 0.1) is 44.1 Å². The standard InChI is InChI=1S/C25H26N2O5/c1-30-19-9-8-18-20-22(16-6-3-4-7-17(16)23(20)28)27(25(29)21(18)24(19)31-2)11-5-10-26-12-14-32-15-13-26/h3-4,6-9H,5,10-15H2,1-2H3. The molecule has 0 unspecified atom stereocenters. The van der Waals surface area contributed by atoms with E-state index in [0.29, 0.717) is 45.6 Å². The number of benzene rings is 2. The minimum atomic E-state index is -0.166. The highest BCUT2D eigenvalue weighted by atomic mass is 16.5. The van der Waals surface area contributed by atoms with Gasteiger partial charge in [-0.15, -0.1) is 0 Å². The molecule has 0 spiro atoms. The van der Waals surface area contributed by atoms with Gasteiger partial charge in [0.15, 0.2) is 17.3 Å². The van der Waals surface area contributed by atoms with Gasteiger partial charge in [-0.1, -0.05) is 24.3 Å². The number of morpholine rings is 1. The highest BCUT2D eigenvalue weighted by Gasteiger charge is 2.33. The number of ketones is 1. The number of rotatable bonds is 6. The second kappa shape index (κ2) is 8.41. The van der Waals surface area contributed by atoms with E-state index >= 15 is 0 Å². The number of nitrogens with zero attached hydrogens (tertiary/aromatic N) is 2. The van der Waals surface area contributed by atoms with Gasteiger partial charge >= 0.3 is 0 Å². The molecule has 5 rings (SSSR count). The summed E-state index contributed by atoms with van der Waals surface area (Å²) in [7, 11) is 3.06. The van der Waals surface area contributed by atoms with Gasteiger partial charge < -0.3 is 18.8 Å². The fourth-order valence-electron chi connectivity index (χ4n) is 4.87. The van der Waals surface area contributed by atoms with Gasteiger partial charge in [-0.25, -0.2) is 0 Å². The Morgan fingerprint density at radius 1 is 0.938 bits per heavy atom. The molecular formula is C25H26N2O5. The molecule has 0 amide bonds. The molecule has 0 N–H and O–H groups in total. The van der Waals surface area contributed by atoms with Crippen molar-refractivity contribution in [3.63, 3.8) is 0 Å². The van der Waals surface area contributed by atoms with Crippen LogP contribution < -0.4 is 15.0 Å². The number of pyridine rings is 1. The Morgan fingerprint density at radius 2 is 1.69 bits per heavy atom. The van der Waals surface area contributed by atoms with Crippen LogP contribution >= 0.6 is 0 Å². The molecule has 0 atom stereocenters. The van der Waals surface area contributed by atoms with Crippen molar-refractivity contribution in [2.45, 2.75) is 13.0 Å². The highest BCUT2D eigenvalue weighted by molar-refractivity contribution is 6.27. The predicted molar refractivity (Wildman–Crippen MR) is 122 cm³/mol. The van der Waals surface area contributed by atoms with Crippen LogP contribution in [0.1, 0.15) is 22.3 Å². The Balaban J connectivity index is 1.68. The van der Waals surface area contributed by atoms with Gasteiger partial charge in [-0.2, -0.15) is 0 Å². The van der Waals surface area contributed by atoms with Crippen molar-refractivity contribution in [3.05, 3.63) is 57.9 Å². The first-order chi connectivity index (χ1) is 15.7. The Morgan fingerprint density at radius 3 is 2.41 bits per heavy atom. The Hall–Kier alpha value is -3.16. The molecule has 1 aromatic heterocycles. The fourth-order valence-corrected chi connectivity index (χ4v) is 4.87. The van der Waals surface area contributed by atoms with Crippen LogP contribution in [0.25, 0.3) is 22.0 Å². The van der Waals surface area contributed by atoms with Crippen molar-refractivity contribution in [3.8, 4) is 22.8 Å². The molecule has 7 heteroatoms. The van der Waals surface area contributed by atoms with Crippen LogP contribution in [0.4, 0.5) is 0 Å². The minimum absolute atomic E-state index is 0.0604. The van der Waals surface area contributed by atoms with Crippen LogP contribution in [0.15, 0.2) is 41.2 Å². The smallest absolute Gasteiger partial charge is 0.262 e. The summed E-state index contributed by atoms with van der Waals surface area (Å²) in [5.41, 5.74) is 2.55. The van der Waals surface area contributed by atoms with E-state index in [4.69, 9.17) is 14.2 Å². The second-order valence-electron chi connectivity index (χ2n) is 8.09. The monoisotopic (exact) mass is 434 g/mol. The number of methoxy groups -OCH3 is 2. The lowest BCUT2D eigenvalue weighted by molar-refractivity contribution is 0.0369. The molecule has 1 fully saturated rings. The molecule has 0 saturated carbocycles. The zero-order chi connectivity index (χ0) is 22.2. The number of carbonyl (C=O) groups is 1. The largest absolute Gasteiger partial charge is 0.493 e. The summed E-state index contributed by atoms with van der Waals surface area (Å²) in [5.74, 6) is 0.776. The SMILES string of the molecule is COc1ccc2c3c(n(CCCN4CCOCC4)c(=O)c2c1OC)-c1ccccc1C3=O. The Bertz CT molecular complexity index is 1260. The molecule has 2 heterocycles. The quantitative estimate of drug-likeness (QED) is 0.465. The summed E-state index contributed by atoms with van der Waals surface area (Å²) in [4.78, 5) is 29.6. The fraction of sp³-hybridized carbons (Fsp3) is 0.360. The van der Waals surface area contributed by atoms with Crippen LogP contribution in [0, 0.1) is 0 Å². The summed E-state index contributed by atoms with van der Waals surface area (Å²) in [6.07, 6.45) is 0.792. The van der Waals surface area contributed by atoms with Crippen molar-refractivity contribution in [1.82, 2.24) is 9.47 Å². The Labute approximate surface area is 186 Å². The first-order valence-corrected chi connectivity index (χ1v) is 10.9. The molecule has 166 valence electrons. The van der Waals surface area contributed by atoms with Gasteiger partial charge in [0.1, 0.15) is 0 Å². The van der Waals surface area contributed by atoms with Crippen LogP contribution in [0.3, 0.4) is 0 Å². The molecular weight excluding hydrogens is 408 g/mol. The average Bonchev–Trinajstić information content (AvgIpc) is 3.13. The van der Waals surface area contributed by atoms with Crippen molar-refractivity contribution in [1.29, 1.82) is 0 Å². The lowest BCUT2D eigenvalue weighted by Crippen LogP contribution is -2.37. The van der Waals surface area contributed by atoms with Crippen LogP contribution in [0.2, 0.25) is 0 Å². The van der Waals surface area contributed by atoms with Gasteiger partial charge in [-0.3, -0.25) is 14.5 Å². The lowest BCUT2D eigenvalue weighted by Gasteiger charge is -2.26. The third kappa shape index (κ3) is 3.20. The molecule has 0 radical (unpaired) electrons. The van der Waals surface area contributed by atoms with E-state index in [1.807, 2.05) is 24.3 Å². The maximum atomic E-state index is 13.8. The summed E-state index contributed by atoms with van der Waals surface area (Å²) in [6.45, 7) is 4.66. The number of hydrogen-bond acceptors (Lipinski definition) is 6. The van der Waals surface area contributed by atoms with Crippen molar-refractivity contribution in [2.75, 3.05) is 47.1 Å². The van der Waals surface area contributed by atoms with E-state index in [1.54, 1.807) is 23.8 Å². The first-order valence-electron chi connectivity index (χ1n) is 10.9. The summed E-state index contributed by atoms with van der Waals surface area (Å²) in [5, 5.41) is 0.992. The molecule has 3 aromatic rings. The highest BCUT2D eigenvalue weighted by Crippen LogP contribution is 2.43. The molecule has 2 aliphatic rings. The van der Waals surface area contributed by atoms with E-state index < -0.39 is 0 Å². The molecule has 32 heavy (non-hydrogen) atoms. The number of carbonyl (C=O) groups excluding carboxylic acids is 1. The molecule has 0 bridgehead atoms. The van der Waals surface area contributed by atoms with Gasteiger partial charge in [0, 0.05) is 42.7 Å². The zero-order valence-electron chi connectivity index (χ0n) is 18.3. The normalized spacial score (nSPS) is 15.6. The first kappa shape index (κ1) is 20.7. The number of ether oxygens (including phenoxy) is 3. The van der Waals surface area contributed by atoms with E-state index in [0.717, 1.165) is 44.8 Å². The van der Waals surface area contributed by atoms with E-state index in [9.17, 15) is 9.59 Å². The van der Waals surface area contributed by atoms with Crippen LogP contribution in [-0.2, 0) is 11.3 Å². The lowest BCUT2D eigenvalue weighted by atomic mass is 10.0. The number of hydrogen-bond donors (Lipinski definition) is 0.